The first-order chi connectivity index (χ1) is 9.59. The molecule has 1 N–H and O–H groups in total. The van der Waals surface area contributed by atoms with Crippen LogP contribution in [0.4, 0.5) is 0 Å². The van der Waals surface area contributed by atoms with Crippen molar-refractivity contribution in [3.8, 4) is 0 Å². The number of carbonyl (C=O) groups excluding carboxylic acids is 1. The fraction of sp³-hybridized carbons (Fsp3) is 0.667. The summed E-state index contributed by atoms with van der Waals surface area (Å²) in [7, 11) is 0. The van der Waals surface area contributed by atoms with Gasteiger partial charge in [-0.25, -0.2) is 0 Å². The van der Waals surface area contributed by atoms with Gasteiger partial charge in [0.2, 0.25) is 5.91 Å². The summed E-state index contributed by atoms with van der Waals surface area (Å²) in [6.45, 7) is 9.34. The Morgan fingerprint density at radius 2 is 2.05 bits per heavy atom. The lowest BCUT2D eigenvalue weighted by molar-refractivity contribution is -0.125. The summed E-state index contributed by atoms with van der Waals surface area (Å²) in [5.74, 6) is 0.137. The summed E-state index contributed by atoms with van der Waals surface area (Å²) in [4.78, 5) is 15.7. The van der Waals surface area contributed by atoms with Crippen molar-refractivity contribution in [2.45, 2.75) is 32.9 Å². The SMILES string of the molecule is CC(C)C(=O)N[C@@H](C)[C@@H](c1cccs1)N1CCOCC1. The zero-order valence-electron chi connectivity index (χ0n) is 12.5. The first-order valence-corrected chi connectivity index (χ1v) is 8.13. The zero-order chi connectivity index (χ0) is 14.5. The van der Waals surface area contributed by atoms with E-state index in [-0.39, 0.29) is 23.9 Å². The number of morpholine rings is 1. The van der Waals surface area contributed by atoms with Gasteiger partial charge in [0.1, 0.15) is 0 Å². The van der Waals surface area contributed by atoms with Gasteiger partial charge in [-0.2, -0.15) is 0 Å². The maximum Gasteiger partial charge on any atom is 0.222 e. The lowest BCUT2D eigenvalue weighted by Crippen LogP contribution is -2.48. The summed E-state index contributed by atoms with van der Waals surface area (Å²) in [6.07, 6.45) is 0. The molecule has 1 aliphatic rings. The molecule has 0 saturated carbocycles. The average molecular weight is 296 g/mol. The Labute approximate surface area is 125 Å². The second-order valence-corrected chi connectivity index (χ2v) is 6.54. The highest BCUT2D eigenvalue weighted by molar-refractivity contribution is 7.10. The van der Waals surface area contributed by atoms with Crippen molar-refractivity contribution in [2.24, 2.45) is 5.92 Å². The highest BCUT2D eigenvalue weighted by Gasteiger charge is 2.29. The van der Waals surface area contributed by atoms with Gasteiger partial charge in [-0.15, -0.1) is 11.3 Å². The van der Waals surface area contributed by atoms with Crippen molar-refractivity contribution in [1.29, 1.82) is 0 Å². The van der Waals surface area contributed by atoms with Crippen molar-refractivity contribution in [3.05, 3.63) is 22.4 Å². The predicted octanol–water partition coefficient (Wildman–Crippen LogP) is 2.28. The Hall–Kier alpha value is -0.910. The maximum atomic E-state index is 12.0. The van der Waals surface area contributed by atoms with Gasteiger partial charge in [-0.3, -0.25) is 9.69 Å². The maximum absolute atomic E-state index is 12.0. The molecular formula is C15H24N2O2S. The van der Waals surface area contributed by atoms with Gasteiger partial charge in [0.15, 0.2) is 0 Å². The van der Waals surface area contributed by atoms with Crippen LogP contribution < -0.4 is 5.32 Å². The van der Waals surface area contributed by atoms with Crippen molar-refractivity contribution in [2.75, 3.05) is 26.3 Å². The summed E-state index contributed by atoms with van der Waals surface area (Å²) >= 11 is 1.75. The minimum Gasteiger partial charge on any atom is -0.379 e. The third-order valence-corrected chi connectivity index (χ3v) is 4.58. The number of amides is 1. The van der Waals surface area contributed by atoms with Crippen LogP contribution >= 0.6 is 11.3 Å². The molecule has 0 unspecified atom stereocenters. The molecule has 20 heavy (non-hydrogen) atoms. The van der Waals surface area contributed by atoms with E-state index in [4.69, 9.17) is 4.74 Å². The standard InChI is InChI=1S/C15H24N2O2S/c1-11(2)15(18)16-12(3)14(13-5-4-10-20-13)17-6-8-19-9-7-17/h4-5,10-12,14H,6-9H2,1-3H3,(H,16,18)/t12-,14-/m0/s1. The quantitative estimate of drug-likeness (QED) is 0.906. The van der Waals surface area contributed by atoms with E-state index in [1.807, 2.05) is 13.8 Å². The lowest BCUT2D eigenvalue weighted by Gasteiger charge is -2.37. The molecule has 0 spiro atoms. The van der Waals surface area contributed by atoms with Gasteiger partial charge in [0.05, 0.1) is 19.3 Å². The largest absolute Gasteiger partial charge is 0.379 e. The Balaban J connectivity index is 2.11. The van der Waals surface area contributed by atoms with Crippen molar-refractivity contribution < 1.29 is 9.53 Å². The molecule has 1 aromatic rings. The smallest absolute Gasteiger partial charge is 0.222 e. The number of hydrogen-bond acceptors (Lipinski definition) is 4. The van der Waals surface area contributed by atoms with Crippen LogP contribution in [-0.4, -0.2) is 43.2 Å². The van der Waals surface area contributed by atoms with Gasteiger partial charge >= 0.3 is 0 Å². The van der Waals surface area contributed by atoms with E-state index >= 15 is 0 Å². The molecule has 4 nitrogen and oxygen atoms in total. The number of carbonyl (C=O) groups is 1. The molecule has 1 aliphatic heterocycles. The molecule has 112 valence electrons. The highest BCUT2D eigenvalue weighted by atomic mass is 32.1. The normalized spacial score (nSPS) is 19.8. The van der Waals surface area contributed by atoms with Crippen LogP contribution in [0.5, 0.6) is 0 Å². The Kier molecular flexibility index (Phi) is 5.57. The molecule has 2 heterocycles. The minimum atomic E-state index is 0.0196. The van der Waals surface area contributed by atoms with E-state index in [1.54, 1.807) is 11.3 Å². The predicted molar refractivity (Wildman–Crippen MR) is 81.9 cm³/mol. The number of nitrogens with one attached hydrogen (secondary N) is 1. The second kappa shape index (κ2) is 7.20. The third kappa shape index (κ3) is 3.81. The van der Waals surface area contributed by atoms with E-state index < -0.39 is 0 Å². The van der Waals surface area contributed by atoms with E-state index in [0.717, 1.165) is 26.3 Å². The van der Waals surface area contributed by atoms with Gasteiger partial charge in [0.25, 0.3) is 0 Å². The number of thiophene rings is 1. The molecule has 1 saturated heterocycles. The van der Waals surface area contributed by atoms with Crippen molar-refractivity contribution in [1.82, 2.24) is 10.2 Å². The first-order valence-electron chi connectivity index (χ1n) is 7.25. The lowest BCUT2D eigenvalue weighted by atomic mass is 10.0. The molecule has 1 amide bonds. The van der Waals surface area contributed by atoms with Crippen molar-refractivity contribution in [3.63, 3.8) is 0 Å². The molecule has 5 heteroatoms. The van der Waals surface area contributed by atoms with Crippen LogP contribution in [0, 0.1) is 5.92 Å². The topological polar surface area (TPSA) is 41.6 Å². The number of ether oxygens (including phenoxy) is 1. The number of rotatable bonds is 5. The third-order valence-electron chi connectivity index (χ3n) is 3.64. The van der Waals surface area contributed by atoms with Crippen LogP contribution in [0.25, 0.3) is 0 Å². The van der Waals surface area contributed by atoms with E-state index in [0.29, 0.717) is 0 Å². The molecule has 0 aliphatic carbocycles. The molecule has 2 rings (SSSR count). The molecule has 0 aromatic carbocycles. The summed E-state index contributed by atoms with van der Waals surface area (Å²) in [5.41, 5.74) is 0. The van der Waals surface area contributed by atoms with Gasteiger partial charge < -0.3 is 10.1 Å². The number of nitrogens with zero attached hydrogens (tertiary/aromatic N) is 1. The first kappa shape index (κ1) is 15.5. The molecular weight excluding hydrogens is 272 g/mol. The number of hydrogen-bond donors (Lipinski definition) is 1. The summed E-state index contributed by atoms with van der Waals surface area (Å²) < 4.78 is 5.44. The molecule has 0 radical (unpaired) electrons. The molecule has 2 atom stereocenters. The summed E-state index contributed by atoms with van der Waals surface area (Å²) in [5, 5.41) is 5.25. The van der Waals surface area contributed by atoms with Gasteiger partial charge in [0, 0.05) is 29.9 Å². The highest BCUT2D eigenvalue weighted by Crippen LogP contribution is 2.29. The molecule has 0 bridgehead atoms. The van der Waals surface area contributed by atoms with Crippen LogP contribution in [0.1, 0.15) is 31.7 Å². The van der Waals surface area contributed by atoms with Gasteiger partial charge in [-0.05, 0) is 18.4 Å². The average Bonchev–Trinajstić information content (AvgIpc) is 2.93. The van der Waals surface area contributed by atoms with E-state index in [1.165, 1.54) is 4.88 Å². The van der Waals surface area contributed by atoms with Crippen LogP contribution in [0.3, 0.4) is 0 Å². The second-order valence-electron chi connectivity index (χ2n) is 5.56. The van der Waals surface area contributed by atoms with E-state index in [2.05, 4.69) is 34.7 Å². The summed E-state index contributed by atoms with van der Waals surface area (Å²) in [6, 6.07) is 4.57. The van der Waals surface area contributed by atoms with E-state index in [9.17, 15) is 4.79 Å². The van der Waals surface area contributed by atoms with Crippen molar-refractivity contribution >= 4 is 17.2 Å². The zero-order valence-corrected chi connectivity index (χ0v) is 13.3. The van der Waals surface area contributed by atoms with Crippen LogP contribution in [0.15, 0.2) is 17.5 Å². The molecule has 1 fully saturated rings. The van der Waals surface area contributed by atoms with Crippen LogP contribution in [0.2, 0.25) is 0 Å². The Bertz CT molecular complexity index is 414. The fourth-order valence-electron chi connectivity index (χ4n) is 2.53. The Morgan fingerprint density at radius 3 is 2.60 bits per heavy atom. The van der Waals surface area contributed by atoms with Gasteiger partial charge in [-0.1, -0.05) is 19.9 Å². The monoisotopic (exact) mass is 296 g/mol. The fourth-order valence-corrected chi connectivity index (χ4v) is 3.49. The Morgan fingerprint density at radius 1 is 1.35 bits per heavy atom. The minimum absolute atomic E-state index is 0.0196. The van der Waals surface area contributed by atoms with Crippen LogP contribution in [-0.2, 0) is 9.53 Å². The molecule has 1 aromatic heterocycles.